The largest absolute Gasteiger partial charge is 0.251 e. The van der Waals surface area contributed by atoms with Gasteiger partial charge in [-0.2, -0.15) is 0 Å². The van der Waals surface area contributed by atoms with Crippen LogP contribution in [-0.2, 0) is 12.8 Å². The molecule has 30 heavy (non-hydrogen) atoms. The van der Waals surface area contributed by atoms with E-state index in [2.05, 4.69) is 31.2 Å². The number of alkyl halides is 1. The van der Waals surface area contributed by atoms with Crippen molar-refractivity contribution >= 4 is 0 Å². The van der Waals surface area contributed by atoms with E-state index in [-0.39, 0.29) is 6.67 Å². The molecule has 3 saturated carbocycles. The molecule has 0 aromatic heterocycles. The maximum atomic E-state index is 12.5. The molecular weight excluding hydrogens is 367 g/mol. The van der Waals surface area contributed by atoms with Crippen LogP contribution in [-0.4, -0.2) is 6.67 Å². The van der Waals surface area contributed by atoms with E-state index in [0.29, 0.717) is 6.42 Å². The molecule has 1 aromatic rings. The molecule has 3 aliphatic rings. The Hall–Kier alpha value is -0.850. The van der Waals surface area contributed by atoms with Crippen LogP contribution in [0.25, 0.3) is 0 Å². The highest BCUT2D eigenvalue weighted by atomic mass is 19.1. The summed E-state index contributed by atoms with van der Waals surface area (Å²) in [6, 6.07) is 8.69. The maximum Gasteiger partial charge on any atom is 0.0934 e. The van der Waals surface area contributed by atoms with E-state index in [0.717, 1.165) is 41.1 Å². The fourth-order valence-corrected chi connectivity index (χ4v) is 7.15. The van der Waals surface area contributed by atoms with Gasteiger partial charge >= 0.3 is 0 Å². The molecule has 0 atom stereocenters. The first-order valence-electron chi connectivity index (χ1n) is 13.3. The highest BCUT2D eigenvalue weighted by molar-refractivity contribution is 5.22. The van der Waals surface area contributed by atoms with E-state index in [1.54, 1.807) is 12.8 Å². The lowest BCUT2D eigenvalue weighted by Crippen LogP contribution is -2.29. The maximum absolute atomic E-state index is 12.5. The highest BCUT2D eigenvalue weighted by Gasteiger charge is 2.34. The molecule has 0 bridgehead atoms. The molecular formula is C29H45F. The zero-order valence-corrected chi connectivity index (χ0v) is 19.5. The van der Waals surface area contributed by atoms with Crippen LogP contribution in [0.15, 0.2) is 24.3 Å². The lowest BCUT2D eigenvalue weighted by atomic mass is 9.65. The second-order valence-electron chi connectivity index (χ2n) is 11.3. The Morgan fingerprint density at radius 1 is 0.600 bits per heavy atom. The van der Waals surface area contributed by atoms with Gasteiger partial charge in [0.15, 0.2) is 0 Å². The van der Waals surface area contributed by atoms with Crippen molar-refractivity contribution in [1.82, 2.24) is 0 Å². The van der Waals surface area contributed by atoms with Crippen LogP contribution in [0.2, 0.25) is 0 Å². The quantitative estimate of drug-likeness (QED) is 0.420. The topological polar surface area (TPSA) is 0 Å². The monoisotopic (exact) mass is 412 g/mol. The molecule has 4 rings (SSSR count). The molecule has 168 valence electrons. The van der Waals surface area contributed by atoms with Crippen LogP contribution >= 0.6 is 0 Å². The van der Waals surface area contributed by atoms with Gasteiger partial charge in [-0.05, 0) is 111 Å². The molecule has 0 unspecified atom stereocenters. The van der Waals surface area contributed by atoms with Crippen LogP contribution in [0.4, 0.5) is 4.39 Å². The van der Waals surface area contributed by atoms with Crippen LogP contribution in [0.1, 0.15) is 102 Å². The zero-order chi connectivity index (χ0) is 20.8. The molecule has 1 heteroatoms. The summed E-state index contributed by atoms with van der Waals surface area (Å²) >= 11 is 0. The van der Waals surface area contributed by atoms with Gasteiger partial charge in [0.05, 0.1) is 6.67 Å². The third kappa shape index (κ3) is 6.10. The first-order chi connectivity index (χ1) is 14.7. The van der Waals surface area contributed by atoms with Gasteiger partial charge in [-0.1, -0.05) is 56.9 Å². The van der Waals surface area contributed by atoms with E-state index in [9.17, 15) is 4.39 Å². The summed E-state index contributed by atoms with van der Waals surface area (Å²) < 4.78 is 12.5. The van der Waals surface area contributed by atoms with Gasteiger partial charge < -0.3 is 0 Å². The van der Waals surface area contributed by atoms with Gasteiger partial charge in [-0.3, -0.25) is 4.39 Å². The van der Waals surface area contributed by atoms with Crippen molar-refractivity contribution in [2.24, 2.45) is 35.5 Å². The Balaban J connectivity index is 1.14. The van der Waals surface area contributed by atoms with Gasteiger partial charge in [-0.15, -0.1) is 0 Å². The lowest BCUT2D eigenvalue weighted by Gasteiger charge is -2.41. The fourth-order valence-electron chi connectivity index (χ4n) is 7.15. The number of aryl methyl sites for hydroxylation is 2. The van der Waals surface area contributed by atoms with Crippen molar-refractivity contribution in [3.8, 4) is 0 Å². The summed E-state index contributed by atoms with van der Waals surface area (Å²) in [5, 5.41) is 0. The predicted octanol–water partition coefficient (Wildman–Crippen LogP) is 8.57. The van der Waals surface area contributed by atoms with E-state index in [1.165, 1.54) is 82.6 Å². The first-order valence-corrected chi connectivity index (χ1v) is 13.3. The number of benzene rings is 1. The summed E-state index contributed by atoms with van der Waals surface area (Å²) in [4.78, 5) is 0. The molecule has 1 aromatic carbocycles. The molecule has 0 spiro atoms. The summed E-state index contributed by atoms with van der Waals surface area (Å²) in [6.45, 7) is 2.21. The average Bonchev–Trinajstić information content (AvgIpc) is 2.80. The lowest BCUT2D eigenvalue weighted by molar-refractivity contribution is 0.105. The Bertz CT molecular complexity index is 596. The van der Waals surface area contributed by atoms with Crippen molar-refractivity contribution in [1.29, 1.82) is 0 Å². The Morgan fingerprint density at radius 3 is 1.47 bits per heavy atom. The molecule has 3 fully saturated rings. The minimum absolute atomic E-state index is 0.246. The van der Waals surface area contributed by atoms with Crippen LogP contribution in [0, 0.1) is 35.5 Å². The molecule has 0 nitrogen and oxygen atoms in total. The number of hydrogen-bond acceptors (Lipinski definition) is 0. The SMILES string of the molecule is CC1CCC(C2CCC(C3CCC(CCc4ccc(CCF)cc4)CC3)CC2)CC1. The van der Waals surface area contributed by atoms with Crippen LogP contribution in [0.5, 0.6) is 0 Å². The third-order valence-corrected chi connectivity index (χ3v) is 9.35. The zero-order valence-electron chi connectivity index (χ0n) is 19.5. The summed E-state index contributed by atoms with van der Waals surface area (Å²) in [6.07, 6.45) is 21.2. The third-order valence-electron chi connectivity index (χ3n) is 9.35. The van der Waals surface area contributed by atoms with Gasteiger partial charge in [0.2, 0.25) is 0 Å². The van der Waals surface area contributed by atoms with Crippen molar-refractivity contribution in [3.05, 3.63) is 35.4 Å². The van der Waals surface area contributed by atoms with Crippen LogP contribution in [0.3, 0.4) is 0 Å². The summed E-state index contributed by atoms with van der Waals surface area (Å²) in [7, 11) is 0. The van der Waals surface area contributed by atoms with Crippen molar-refractivity contribution in [2.45, 2.75) is 103 Å². The predicted molar refractivity (Wildman–Crippen MR) is 126 cm³/mol. The smallest absolute Gasteiger partial charge is 0.0934 e. The van der Waals surface area contributed by atoms with Gasteiger partial charge in [-0.25, -0.2) is 0 Å². The minimum Gasteiger partial charge on any atom is -0.251 e. The van der Waals surface area contributed by atoms with E-state index in [1.807, 2.05) is 0 Å². The average molecular weight is 413 g/mol. The number of rotatable bonds is 7. The molecule has 0 heterocycles. The molecule has 0 radical (unpaired) electrons. The summed E-state index contributed by atoms with van der Waals surface area (Å²) in [5.74, 6) is 6.16. The minimum atomic E-state index is -0.246. The van der Waals surface area contributed by atoms with E-state index < -0.39 is 0 Å². The Kier molecular flexibility index (Phi) is 8.30. The normalized spacial score (nSPS) is 35.3. The Morgan fingerprint density at radius 2 is 1.00 bits per heavy atom. The van der Waals surface area contributed by atoms with Gasteiger partial charge in [0.25, 0.3) is 0 Å². The first kappa shape index (κ1) is 22.3. The van der Waals surface area contributed by atoms with Crippen molar-refractivity contribution in [2.75, 3.05) is 6.67 Å². The molecule has 3 aliphatic carbocycles. The highest BCUT2D eigenvalue weighted by Crippen LogP contribution is 2.46. The van der Waals surface area contributed by atoms with Crippen molar-refractivity contribution < 1.29 is 4.39 Å². The van der Waals surface area contributed by atoms with Gasteiger partial charge in [0, 0.05) is 6.42 Å². The second-order valence-corrected chi connectivity index (χ2v) is 11.3. The Labute approximate surface area is 185 Å². The molecule has 0 aliphatic heterocycles. The van der Waals surface area contributed by atoms with Crippen LogP contribution < -0.4 is 0 Å². The van der Waals surface area contributed by atoms with Gasteiger partial charge in [0.1, 0.15) is 0 Å². The molecule has 0 N–H and O–H groups in total. The number of halogens is 1. The molecule has 0 saturated heterocycles. The van der Waals surface area contributed by atoms with E-state index >= 15 is 0 Å². The fraction of sp³-hybridized carbons (Fsp3) is 0.793. The number of hydrogen-bond donors (Lipinski definition) is 0. The van der Waals surface area contributed by atoms with E-state index in [4.69, 9.17) is 0 Å². The summed E-state index contributed by atoms with van der Waals surface area (Å²) in [5.41, 5.74) is 2.57. The molecule has 0 amide bonds. The second kappa shape index (κ2) is 11.1. The standard InChI is InChI=1S/C29H45F/c1-22-2-12-26(13-3-22)28-16-18-29(19-17-28)27-14-10-24(11-15-27)5-4-23-6-8-25(9-7-23)20-21-30/h6-9,22,24,26-29H,2-5,10-21H2,1H3. The van der Waals surface area contributed by atoms with Crippen molar-refractivity contribution in [3.63, 3.8) is 0 Å².